The van der Waals surface area contributed by atoms with Crippen molar-refractivity contribution in [2.24, 2.45) is 5.73 Å². The highest BCUT2D eigenvalue weighted by atomic mass is 79.9. The van der Waals surface area contributed by atoms with Crippen LogP contribution in [0.2, 0.25) is 0 Å². The van der Waals surface area contributed by atoms with Gasteiger partial charge in [-0.1, -0.05) is 26.7 Å². The van der Waals surface area contributed by atoms with Crippen LogP contribution in [-0.2, 0) is 5.54 Å². The van der Waals surface area contributed by atoms with Crippen LogP contribution in [0.5, 0.6) is 11.5 Å². The molecule has 1 aromatic carbocycles. The van der Waals surface area contributed by atoms with Crippen molar-refractivity contribution in [3.63, 3.8) is 0 Å². The third-order valence-corrected chi connectivity index (χ3v) is 5.04. The molecule has 0 amide bonds. The van der Waals surface area contributed by atoms with E-state index >= 15 is 0 Å². The summed E-state index contributed by atoms with van der Waals surface area (Å²) in [4.78, 5) is 0. The highest BCUT2D eigenvalue weighted by Crippen LogP contribution is 2.50. The smallest absolute Gasteiger partial charge is 0.231 e. The van der Waals surface area contributed by atoms with Crippen LogP contribution in [0.4, 0.5) is 0 Å². The van der Waals surface area contributed by atoms with Crippen LogP contribution in [0.1, 0.15) is 56.6 Å². The third kappa shape index (κ3) is 2.05. The fourth-order valence-electron chi connectivity index (χ4n) is 3.27. The molecule has 1 heterocycles. The van der Waals surface area contributed by atoms with Crippen molar-refractivity contribution in [1.82, 2.24) is 0 Å². The number of rotatable bonds is 2. The zero-order valence-electron chi connectivity index (χ0n) is 11.5. The van der Waals surface area contributed by atoms with E-state index in [0.29, 0.717) is 12.7 Å². The summed E-state index contributed by atoms with van der Waals surface area (Å²) in [5.74, 6) is 2.05. The van der Waals surface area contributed by atoms with Crippen molar-refractivity contribution < 1.29 is 9.47 Å². The molecule has 1 aliphatic carbocycles. The molecule has 0 spiro atoms. The van der Waals surface area contributed by atoms with Gasteiger partial charge < -0.3 is 15.2 Å². The second-order valence-electron chi connectivity index (χ2n) is 5.90. The predicted molar refractivity (Wildman–Crippen MR) is 78.7 cm³/mol. The van der Waals surface area contributed by atoms with E-state index in [1.807, 2.05) is 0 Å². The highest BCUT2D eigenvalue weighted by Gasteiger charge is 2.37. The van der Waals surface area contributed by atoms with Crippen molar-refractivity contribution in [2.75, 3.05) is 6.79 Å². The van der Waals surface area contributed by atoms with E-state index in [0.717, 1.165) is 28.8 Å². The summed E-state index contributed by atoms with van der Waals surface area (Å²) in [6.07, 6.45) is 4.53. The van der Waals surface area contributed by atoms with E-state index in [1.54, 1.807) is 0 Å². The zero-order valence-corrected chi connectivity index (χ0v) is 13.0. The fraction of sp³-hybridized carbons (Fsp3) is 0.600. The summed E-state index contributed by atoms with van der Waals surface area (Å²) in [6.45, 7) is 4.70. The Hall–Kier alpha value is -0.740. The van der Waals surface area contributed by atoms with Gasteiger partial charge in [-0.05, 0) is 51.9 Å². The lowest BCUT2D eigenvalue weighted by molar-refractivity contribution is 0.173. The Bertz CT molecular complexity index is 507. The summed E-state index contributed by atoms with van der Waals surface area (Å²) < 4.78 is 12.1. The molecule has 0 atom stereocenters. The minimum atomic E-state index is -0.205. The molecule has 0 aromatic heterocycles. The first kappa shape index (κ1) is 13.3. The van der Waals surface area contributed by atoms with Gasteiger partial charge in [-0.25, -0.2) is 0 Å². The Morgan fingerprint density at radius 1 is 1.26 bits per heavy atom. The predicted octanol–water partition coefficient (Wildman–Crippen LogP) is 4.03. The lowest BCUT2D eigenvalue weighted by Crippen LogP contribution is -2.34. The van der Waals surface area contributed by atoms with Crippen LogP contribution in [0.3, 0.4) is 0 Å². The van der Waals surface area contributed by atoms with Crippen LogP contribution in [0.25, 0.3) is 0 Å². The number of ether oxygens (including phenoxy) is 2. The molecule has 0 unspecified atom stereocenters. The summed E-state index contributed by atoms with van der Waals surface area (Å²) in [7, 11) is 0. The molecule has 2 aliphatic rings. The first-order valence-corrected chi connectivity index (χ1v) is 7.73. The van der Waals surface area contributed by atoms with E-state index in [4.69, 9.17) is 15.2 Å². The summed E-state index contributed by atoms with van der Waals surface area (Å²) >= 11 is 3.69. The number of fused-ring (bicyclic) bond motifs is 1. The Morgan fingerprint density at radius 2 is 1.95 bits per heavy atom. The minimum Gasteiger partial charge on any atom is -0.454 e. The lowest BCUT2D eigenvalue weighted by Gasteiger charge is -2.29. The van der Waals surface area contributed by atoms with Crippen molar-refractivity contribution in [3.8, 4) is 11.5 Å². The van der Waals surface area contributed by atoms with Gasteiger partial charge in [0, 0.05) is 5.54 Å². The molecule has 19 heavy (non-hydrogen) atoms. The minimum absolute atomic E-state index is 0.205. The van der Waals surface area contributed by atoms with Gasteiger partial charge in [0.1, 0.15) is 0 Å². The molecule has 0 saturated heterocycles. The van der Waals surface area contributed by atoms with E-state index in [-0.39, 0.29) is 5.54 Å². The molecule has 104 valence electrons. The van der Waals surface area contributed by atoms with Gasteiger partial charge in [0.15, 0.2) is 11.5 Å². The van der Waals surface area contributed by atoms with E-state index < -0.39 is 0 Å². The quantitative estimate of drug-likeness (QED) is 0.892. The van der Waals surface area contributed by atoms with Crippen molar-refractivity contribution in [2.45, 2.75) is 51.0 Å². The number of benzene rings is 1. The molecular weight excluding hydrogens is 306 g/mol. The summed E-state index contributed by atoms with van der Waals surface area (Å²) in [6, 6.07) is 2.10. The van der Waals surface area contributed by atoms with E-state index in [2.05, 4.69) is 35.8 Å². The van der Waals surface area contributed by atoms with E-state index in [1.165, 1.54) is 24.0 Å². The molecule has 4 heteroatoms. The standard InChI is InChI=1S/C15H20BrNO2/c1-9(2)12-10(15(17)5-3-4-6-15)7-11-14(13(12)16)19-8-18-11/h7,9H,3-6,8,17H2,1-2H3. The number of halogens is 1. The van der Waals surface area contributed by atoms with Crippen LogP contribution in [0, 0.1) is 0 Å². The third-order valence-electron chi connectivity index (χ3n) is 4.25. The second-order valence-corrected chi connectivity index (χ2v) is 6.70. The molecule has 1 aromatic rings. The van der Waals surface area contributed by atoms with Crippen LogP contribution in [-0.4, -0.2) is 6.79 Å². The molecule has 0 radical (unpaired) electrons. The van der Waals surface area contributed by atoms with Crippen LogP contribution < -0.4 is 15.2 Å². The van der Waals surface area contributed by atoms with Crippen molar-refractivity contribution >= 4 is 15.9 Å². The first-order valence-electron chi connectivity index (χ1n) is 6.94. The van der Waals surface area contributed by atoms with Gasteiger partial charge >= 0.3 is 0 Å². The molecular formula is C15H20BrNO2. The first-order chi connectivity index (χ1) is 9.03. The van der Waals surface area contributed by atoms with Gasteiger partial charge in [0.2, 0.25) is 6.79 Å². The Balaban J connectivity index is 2.20. The van der Waals surface area contributed by atoms with Crippen LogP contribution in [0.15, 0.2) is 10.5 Å². The number of nitrogens with two attached hydrogens (primary N) is 1. The maximum absolute atomic E-state index is 6.66. The van der Waals surface area contributed by atoms with Gasteiger partial charge in [-0.15, -0.1) is 0 Å². The SMILES string of the molecule is CC(C)c1c(C2(N)CCCC2)cc2c(c1Br)OCO2. The van der Waals surface area contributed by atoms with Crippen LogP contribution >= 0.6 is 15.9 Å². The van der Waals surface area contributed by atoms with Gasteiger partial charge in [-0.3, -0.25) is 0 Å². The Morgan fingerprint density at radius 3 is 2.58 bits per heavy atom. The molecule has 2 N–H and O–H groups in total. The Kier molecular flexibility index (Phi) is 3.26. The zero-order chi connectivity index (χ0) is 13.6. The topological polar surface area (TPSA) is 44.5 Å². The maximum Gasteiger partial charge on any atom is 0.231 e. The molecule has 1 fully saturated rings. The van der Waals surface area contributed by atoms with E-state index in [9.17, 15) is 0 Å². The summed E-state index contributed by atoms with van der Waals surface area (Å²) in [5, 5.41) is 0. The fourth-order valence-corrected chi connectivity index (χ4v) is 4.25. The molecule has 3 nitrogen and oxygen atoms in total. The van der Waals surface area contributed by atoms with Gasteiger partial charge in [0.25, 0.3) is 0 Å². The van der Waals surface area contributed by atoms with Crippen molar-refractivity contribution in [3.05, 3.63) is 21.7 Å². The molecule has 3 rings (SSSR count). The second kappa shape index (κ2) is 4.67. The average Bonchev–Trinajstić information content (AvgIpc) is 2.97. The maximum atomic E-state index is 6.66. The highest BCUT2D eigenvalue weighted by molar-refractivity contribution is 9.10. The lowest BCUT2D eigenvalue weighted by atomic mass is 9.82. The average molecular weight is 326 g/mol. The largest absolute Gasteiger partial charge is 0.454 e. The molecule has 0 bridgehead atoms. The van der Waals surface area contributed by atoms with Gasteiger partial charge in [0.05, 0.1) is 4.47 Å². The monoisotopic (exact) mass is 325 g/mol. The number of hydrogen-bond donors (Lipinski definition) is 1. The molecule has 1 saturated carbocycles. The van der Waals surface area contributed by atoms with Gasteiger partial charge in [-0.2, -0.15) is 0 Å². The normalized spacial score (nSPS) is 20.3. The summed E-state index contributed by atoms with van der Waals surface area (Å²) in [5.41, 5.74) is 8.96. The molecule has 1 aliphatic heterocycles. The number of hydrogen-bond acceptors (Lipinski definition) is 3. The Labute approximate surface area is 122 Å². The van der Waals surface area contributed by atoms with Crippen molar-refractivity contribution in [1.29, 1.82) is 0 Å².